The van der Waals surface area contributed by atoms with Crippen molar-refractivity contribution in [3.63, 3.8) is 0 Å². The molecule has 0 saturated heterocycles. The van der Waals surface area contributed by atoms with E-state index in [0.29, 0.717) is 0 Å². The molecule has 0 rings (SSSR count). The SMILES string of the molecule is CCCCCCCC[P+](CCCCCCCC)(CCCCCCCC)OP(O)(O)=S. The molecule has 0 fully saturated rings. The first kappa shape index (κ1) is 31.0. The summed E-state index contributed by atoms with van der Waals surface area (Å²) in [5.41, 5.74) is 0. The van der Waals surface area contributed by atoms with E-state index in [-0.39, 0.29) is 0 Å². The van der Waals surface area contributed by atoms with E-state index in [0.717, 1.165) is 37.7 Å². The van der Waals surface area contributed by atoms with Gasteiger partial charge in [-0.25, -0.2) is 0 Å². The van der Waals surface area contributed by atoms with Crippen LogP contribution in [0.15, 0.2) is 0 Å². The molecule has 0 amide bonds. The van der Waals surface area contributed by atoms with Gasteiger partial charge >= 0.3 is 6.72 Å². The van der Waals surface area contributed by atoms with Gasteiger partial charge in [0.1, 0.15) is 0 Å². The molecule has 182 valence electrons. The fourth-order valence-electron chi connectivity index (χ4n) is 4.22. The third-order valence-corrected chi connectivity index (χ3v) is 12.3. The lowest BCUT2D eigenvalue weighted by Gasteiger charge is -2.27. The summed E-state index contributed by atoms with van der Waals surface area (Å²) in [4.78, 5) is 20.1. The van der Waals surface area contributed by atoms with Crippen molar-refractivity contribution in [2.75, 3.05) is 18.5 Å². The van der Waals surface area contributed by atoms with Crippen LogP contribution in [0.5, 0.6) is 0 Å². The predicted molar refractivity (Wildman–Crippen MR) is 141 cm³/mol. The zero-order valence-corrected chi connectivity index (χ0v) is 23.1. The molecule has 2 N–H and O–H groups in total. The first-order valence-corrected chi connectivity index (χ1v) is 17.9. The average Bonchev–Trinajstić information content (AvgIpc) is 2.69. The van der Waals surface area contributed by atoms with Crippen molar-refractivity contribution in [3.8, 4) is 0 Å². The van der Waals surface area contributed by atoms with Gasteiger partial charge in [-0.1, -0.05) is 97.8 Å². The Morgan fingerprint density at radius 1 is 0.533 bits per heavy atom. The van der Waals surface area contributed by atoms with Crippen LogP contribution in [0, 0.1) is 0 Å². The second kappa shape index (κ2) is 20.6. The van der Waals surface area contributed by atoms with E-state index in [1.165, 1.54) is 96.3 Å². The van der Waals surface area contributed by atoms with Crippen molar-refractivity contribution >= 4 is 26.0 Å². The molecule has 0 aliphatic rings. The summed E-state index contributed by atoms with van der Waals surface area (Å²) >= 11 is 4.97. The van der Waals surface area contributed by atoms with Crippen molar-refractivity contribution in [1.82, 2.24) is 0 Å². The van der Waals surface area contributed by atoms with Gasteiger partial charge in [0.2, 0.25) is 0 Å². The largest absolute Gasteiger partial charge is 0.357 e. The summed E-state index contributed by atoms with van der Waals surface area (Å²) < 4.78 is 6.06. The molecule has 0 aromatic rings. The maximum atomic E-state index is 10.1. The molecule has 0 bridgehead atoms. The van der Waals surface area contributed by atoms with Gasteiger partial charge in [-0.3, -0.25) is 0 Å². The van der Waals surface area contributed by atoms with E-state index in [4.69, 9.17) is 16.1 Å². The molecule has 0 aliphatic carbocycles. The van der Waals surface area contributed by atoms with Gasteiger partial charge in [0.05, 0.1) is 18.5 Å². The number of hydrogen-bond acceptors (Lipinski definition) is 2. The molecule has 0 aromatic heterocycles. The quantitative estimate of drug-likeness (QED) is 0.112. The Labute approximate surface area is 194 Å². The molecule has 0 atom stereocenters. The molecule has 30 heavy (non-hydrogen) atoms. The summed E-state index contributed by atoms with van der Waals surface area (Å²) in [5, 5.41) is 0. The van der Waals surface area contributed by atoms with E-state index >= 15 is 0 Å². The third kappa shape index (κ3) is 19.6. The number of hydrogen-bond donors (Lipinski definition) is 2. The lowest BCUT2D eigenvalue weighted by molar-refractivity contribution is 0.378. The van der Waals surface area contributed by atoms with Crippen molar-refractivity contribution in [1.29, 1.82) is 0 Å². The fraction of sp³-hybridized carbons (Fsp3) is 1.00. The molecule has 3 nitrogen and oxygen atoms in total. The van der Waals surface area contributed by atoms with Crippen molar-refractivity contribution in [2.24, 2.45) is 0 Å². The molecule has 0 heterocycles. The van der Waals surface area contributed by atoms with E-state index in [2.05, 4.69) is 20.8 Å². The monoisotopic (exact) mass is 483 g/mol. The Balaban J connectivity index is 4.77. The van der Waals surface area contributed by atoms with Crippen LogP contribution in [-0.4, -0.2) is 28.3 Å². The molecular formula is C24H53O3P2S+. The molecular weight excluding hydrogens is 430 g/mol. The Morgan fingerprint density at radius 2 is 0.800 bits per heavy atom. The number of unbranched alkanes of at least 4 members (excludes halogenated alkanes) is 15. The van der Waals surface area contributed by atoms with Crippen LogP contribution in [-0.2, 0) is 16.1 Å². The van der Waals surface area contributed by atoms with E-state index in [9.17, 15) is 9.79 Å². The van der Waals surface area contributed by atoms with Crippen molar-refractivity contribution < 1.29 is 14.1 Å². The summed E-state index contributed by atoms with van der Waals surface area (Å²) in [6, 6.07) is 0. The smallest absolute Gasteiger partial charge is 0.322 e. The van der Waals surface area contributed by atoms with Crippen LogP contribution in [0.25, 0.3) is 0 Å². The van der Waals surface area contributed by atoms with Gasteiger partial charge in [-0.2, -0.15) is 4.31 Å². The van der Waals surface area contributed by atoms with Gasteiger partial charge in [-0.15, -0.1) is 0 Å². The maximum Gasteiger partial charge on any atom is 0.357 e. The van der Waals surface area contributed by atoms with Gasteiger partial charge in [0.15, 0.2) is 7.49 Å². The zero-order valence-electron chi connectivity index (χ0n) is 20.5. The first-order valence-electron chi connectivity index (χ1n) is 13.0. The van der Waals surface area contributed by atoms with Crippen LogP contribution in [0.2, 0.25) is 0 Å². The zero-order chi connectivity index (χ0) is 22.6. The van der Waals surface area contributed by atoms with Crippen LogP contribution in [0.3, 0.4) is 0 Å². The Bertz CT molecular complexity index is 374. The van der Waals surface area contributed by atoms with Crippen LogP contribution >= 0.6 is 14.2 Å². The minimum atomic E-state index is -3.60. The van der Waals surface area contributed by atoms with Crippen LogP contribution < -0.4 is 0 Å². The lowest BCUT2D eigenvalue weighted by atomic mass is 10.1. The van der Waals surface area contributed by atoms with Gasteiger partial charge < -0.3 is 9.79 Å². The lowest BCUT2D eigenvalue weighted by Crippen LogP contribution is -2.12. The summed E-state index contributed by atoms with van der Waals surface area (Å²) in [5.74, 6) is 0. The highest BCUT2D eigenvalue weighted by Crippen LogP contribution is 2.70. The van der Waals surface area contributed by atoms with E-state index < -0.39 is 14.2 Å². The second-order valence-electron chi connectivity index (χ2n) is 9.10. The highest BCUT2D eigenvalue weighted by Gasteiger charge is 2.42. The molecule has 0 unspecified atom stereocenters. The molecule has 0 radical (unpaired) electrons. The highest BCUT2D eigenvalue weighted by molar-refractivity contribution is 8.08. The maximum absolute atomic E-state index is 10.1. The summed E-state index contributed by atoms with van der Waals surface area (Å²) in [7, 11) is -1.84. The second-order valence-corrected chi connectivity index (χ2v) is 15.6. The van der Waals surface area contributed by atoms with Crippen LogP contribution in [0.4, 0.5) is 0 Å². The van der Waals surface area contributed by atoms with Crippen LogP contribution in [0.1, 0.15) is 136 Å². The third-order valence-electron chi connectivity index (χ3n) is 6.04. The Hall–Kier alpha value is 0.960. The number of rotatable bonds is 23. The molecule has 6 heteroatoms. The Morgan fingerprint density at radius 3 is 1.07 bits per heavy atom. The average molecular weight is 484 g/mol. The first-order chi connectivity index (χ1) is 14.4. The summed E-state index contributed by atoms with van der Waals surface area (Å²) in [6.45, 7) is 3.15. The predicted octanol–water partition coefficient (Wildman–Crippen LogP) is 9.23. The standard InChI is InChI=1S/C24H52O3P2S/c1-4-7-10-13-16-19-22-28(27-29(25,26)30,23-20-17-14-11-8-5-2)24-21-18-15-12-9-6-3/h4-24H2,1-3H3,(H-,25,26,30)/p+1. The Kier molecular flexibility index (Phi) is 21.2. The minimum absolute atomic E-state index is 1.03. The molecule has 0 saturated carbocycles. The van der Waals surface area contributed by atoms with E-state index in [1.807, 2.05) is 0 Å². The topological polar surface area (TPSA) is 49.7 Å². The van der Waals surface area contributed by atoms with Gasteiger partial charge in [0, 0.05) is 0 Å². The van der Waals surface area contributed by atoms with Crippen molar-refractivity contribution in [2.45, 2.75) is 136 Å². The minimum Gasteiger partial charge on any atom is -0.322 e. The van der Waals surface area contributed by atoms with E-state index in [1.54, 1.807) is 0 Å². The molecule has 0 spiro atoms. The van der Waals surface area contributed by atoms with Gasteiger partial charge in [-0.05, 0) is 50.3 Å². The van der Waals surface area contributed by atoms with Gasteiger partial charge in [0.25, 0.3) is 0 Å². The van der Waals surface area contributed by atoms with Crippen molar-refractivity contribution in [3.05, 3.63) is 0 Å². The normalized spacial score (nSPS) is 12.6. The molecule has 0 aliphatic heterocycles. The fourth-order valence-corrected chi connectivity index (χ4v) is 11.4. The summed E-state index contributed by atoms with van der Waals surface area (Å²) in [6.07, 6.45) is 25.8. The molecule has 0 aromatic carbocycles. The highest BCUT2D eigenvalue weighted by atomic mass is 32.5.